The number of nitrogens with zero attached hydrogens (tertiary/aromatic N) is 4. The van der Waals surface area contributed by atoms with Gasteiger partial charge in [0.2, 0.25) is 5.91 Å². The Kier molecular flexibility index (Phi) is 9.56. The topological polar surface area (TPSA) is 226 Å². The lowest BCUT2D eigenvalue weighted by atomic mass is 10.0. The van der Waals surface area contributed by atoms with Gasteiger partial charge in [-0.05, 0) is 52.2 Å². The molecule has 0 unspecified atom stereocenters. The van der Waals surface area contributed by atoms with Crippen LogP contribution in [0.25, 0.3) is 0 Å². The van der Waals surface area contributed by atoms with Crippen molar-refractivity contribution >= 4 is 40.0 Å². The Hall–Kier alpha value is -4.89. The molecule has 204 valence electrons. The van der Waals surface area contributed by atoms with Gasteiger partial charge in [-0.1, -0.05) is 0 Å². The maximum absolute atomic E-state index is 13.0. The molecular weight excluding hydrogens is 506 g/mol. The van der Waals surface area contributed by atoms with Crippen LogP contribution in [0, 0.1) is 40.5 Å². The van der Waals surface area contributed by atoms with Gasteiger partial charge in [-0.15, -0.1) is 0 Å². The Balaban J connectivity index is 2.22. The number of hydrogen-bond acceptors (Lipinski definition) is 11. The molecule has 1 atom stereocenters. The van der Waals surface area contributed by atoms with E-state index >= 15 is 0 Å². The Labute approximate surface area is 216 Å². The van der Waals surface area contributed by atoms with Crippen LogP contribution in [0.2, 0.25) is 0 Å². The predicted octanol–water partition coefficient (Wildman–Crippen LogP) is 4.30. The summed E-state index contributed by atoms with van der Waals surface area (Å²) in [6.07, 6.45) is 0.653. The van der Waals surface area contributed by atoms with Crippen LogP contribution in [0.3, 0.4) is 0 Å². The fourth-order valence-electron chi connectivity index (χ4n) is 3.58. The highest BCUT2D eigenvalue weighted by molar-refractivity contribution is 5.87. The molecule has 0 radical (unpaired) electrons. The van der Waals surface area contributed by atoms with Crippen molar-refractivity contribution < 1.29 is 24.5 Å². The summed E-state index contributed by atoms with van der Waals surface area (Å²) in [5, 5.41) is 53.7. The predicted molar refractivity (Wildman–Crippen MR) is 137 cm³/mol. The van der Waals surface area contributed by atoms with Crippen molar-refractivity contribution in [2.75, 3.05) is 17.2 Å². The van der Waals surface area contributed by atoms with Crippen LogP contribution in [0.15, 0.2) is 36.4 Å². The molecule has 3 N–H and O–H groups in total. The van der Waals surface area contributed by atoms with E-state index in [-0.39, 0.29) is 25.1 Å². The second-order valence-corrected chi connectivity index (χ2v) is 9.23. The number of anilines is 2. The maximum atomic E-state index is 13.0. The second kappa shape index (κ2) is 12.4. The normalized spacial score (nSPS) is 11.8. The number of rotatable bonds is 13. The van der Waals surface area contributed by atoms with E-state index in [0.717, 1.165) is 24.3 Å². The Bertz CT molecular complexity index is 1180. The Morgan fingerprint density at radius 2 is 1.18 bits per heavy atom. The molecule has 0 bridgehead atoms. The minimum Gasteiger partial charge on any atom is -0.374 e. The standard InChI is InChI=1S/C22H27N7O9/c1-22(2,3)25-21(30)14(24-20-17(28(35)36)11-7-12-18(20)29(37)38)8-4-5-13-23-19-15(26(31)32)9-6-10-16(19)27(33)34/h6-7,9-12,14,23-24H,4-5,8,13H2,1-3H3,(H,25,30)/t14-/m0/s1. The molecule has 16 heteroatoms. The van der Waals surface area contributed by atoms with Gasteiger partial charge >= 0.3 is 0 Å². The summed E-state index contributed by atoms with van der Waals surface area (Å²) in [6.45, 7) is 5.24. The lowest BCUT2D eigenvalue weighted by molar-refractivity contribution is -0.392. The molecule has 2 aromatic rings. The van der Waals surface area contributed by atoms with Gasteiger partial charge in [0.25, 0.3) is 22.7 Å². The van der Waals surface area contributed by atoms with Crippen LogP contribution in [-0.2, 0) is 4.79 Å². The molecule has 2 rings (SSSR count). The van der Waals surface area contributed by atoms with Crippen LogP contribution in [0.1, 0.15) is 40.0 Å². The molecule has 0 saturated heterocycles. The van der Waals surface area contributed by atoms with Gasteiger partial charge in [0.05, 0.1) is 19.7 Å². The highest BCUT2D eigenvalue weighted by atomic mass is 16.6. The van der Waals surface area contributed by atoms with Crippen molar-refractivity contribution in [2.45, 2.75) is 51.6 Å². The third kappa shape index (κ3) is 7.81. The molecule has 0 fully saturated rings. The number of unbranched alkanes of at least 4 members (excludes halogenated alkanes) is 1. The van der Waals surface area contributed by atoms with Crippen molar-refractivity contribution in [3.05, 3.63) is 76.9 Å². The molecule has 0 aliphatic rings. The lowest BCUT2D eigenvalue weighted by Crippen LogP contribution is -2.48. The third-order valence-corrected chi connectivity index (χ3v) is 5.18. The number of benzene rings is 2. The average molecular weight is 533 g/mol. The quantitative estimate of drug-likeness (QED) is 0.187. The molecule has 0 aliphatic carbocycles. The van der Waals surface area contributed by atoms with Crippen LogP contribution < -0.4 is 16.0 Å². The molecule has 38 heavy (non-hydrogen) atoms. The number of nitrogens with one attached hydrogen (secondary N) is 3. The zero-order valence-electron chi connectivity index (χ0n) is 20.8. The van der Waals surface area contributed by atoms with E-state index in [0.29, 0.717) is 6.42 Å². The monoisotopic (exact) mass is 533 g/mol. The first-order valence-corrected chi connectivity index (χ1v) is 11.4. The molecular formula is C22H27N7O9. The summed E-state index contributed by atoms with van der Waals surface area (Å²) < 4.78 is 0. The number of para-hydroxylation sites is 2. The molecule has 16 nitrogen and oxygen atoms in total. The molecule has 0 aliphatic heterocycles. The highest BCUT2D eigenvalue weighted by Crippen LogP contribution is 2.35. The largest absolute Gasteiger partial charge is 0.374 e. The number of nitro groups is 4. The van der Waals surface area contributed by atoms with Crippen LogP contribution >= 0.6 is 0 Å². The highest BCUT2D eigenvalue weighted by Gasteiger charge is 2.30. The lowest BCUT2D eigenvalue weighted by Gasteiger charge is -2.26. The minimum absolute atomic E-state index is 0.0743. The zero-order valence-corrected chi connectivity index (χ0v) is 20.8. The molecule has 0 heterocycles. The summed E-state index contributed by atoms with van der Waals surface area (Å²) in [7, 11) is 0. The number of hydrogen-bond donors (Lipinski definition) is 3. The van der Waals surface area contributed by atoms with E-state index in [1.807, 2.05) is 0 Å². The summed E-state index contributed by atoms with van der Waals surface area (Å²) >= 11 is 0. The van der Waals surface area contributed by atoms with Gasteiger partial charge in [0.1, 0.15) is 6.04 Å². The first-order chi connectivity index (χ1) is 17.7. The number of carbonyl (C=O) groups excluding carboxylic acids is 1. The van der Waals surface area contributed by atoms with Crippen molar-refractivity contribution in [1.82, 2.24) is 5.32 Å². The number of amides is 1. The van der Waals surface area contributed by atoms with E-state index < -0.39 is 65.6 Å². The van der Waals surface area contributed by atoms with Gasteiger partial charge in [-0.3, -0.25) is 45.3 Å². The van der Waals surface area contributed by atoms with Gasteiger partial charge in [0, 0.05) is 36.3 Å². The fourth-order valence-corrected chi connectivity index (χ4v) is 3.58. The van der Waals surface area contributed by atoms with E-state index in [1.165, 1.54) is 12.1 Å². The van der Waals surface area contributed by atoms with E-state index in [4.69, 9.17) is 0 Å². The molecule has 0 saturated carbocycles. The zero-order chi connectivity index (χ0) is 28.6. The van der Waals surface area contributed by atoms with Gasteiger partial charge in [0.15, 0.2) is 11.4 Å². The number of carbonyl (C=O) groups is 1. The van der Waals surface area contributed by atoms with Crippen molar-refractivity contribution in [3.63, 3.8) is 0 Å². The van der Waals surface area contributed by atoms with E-state index in [9.17, 15) is 45.3 Å². The van der Waals surface area contributed by atoms with Gasteiger partial charge in [-0.2, -0.15) is 0 Å². The van der Waals surface area contributed by atoms with Crippen molar-refractivity contribution in [2.24, 2.45) is 0 Å². The summed E-state index contributed by atoms with van der Waals surface area (Å²) in [6, 6.07) is 5.69. The molecule has 0 spiro atoms. The first-order valence-electron chi connectivity index (χ1n) is 11.4. The van der Waals surface area contributed by atoms with E-state index in [2.05, 4.69) is 16.0 Å². The fraction of sp³-hybridized carbons (Fsp3) is 0.409. The summed E-state index contributed by atoms with van der Waals surface area (Å²) in [4.78, 5) is 55.5. The maximum Gasteiger partial charge on any atom is 0.299 e. The smallest absolute Gasteiger partial charge is 0.299 e. The van der Waals surface area contributed by atoms with Gasteiger partial charge < -0.3 is 16.0 Å². The number of nitro benzene ring substituents is 4. The molecule has 0 aromatic heterocycles. The van der Waals surface area contributed by atoms with Crippen molar-refractivity contribution in [3.8, 4) is 0 Å². The summed E-state index contributed by atoms with van der Waals surface area (Å²) in [5.41, 5.74) is -3.41. The SMILES string of the molecule is CC(C)(C)NC(=O)[C@H](CCCCNc1c([N+](=O)[O-])cccc1[N+](=O)[O-])Nc1c([N+](=O)[O-])cccc1[N+](=O)[O-]. The van der Waals surface area contributed by atoms with Gasteiger partial charge in [-0.25, -0.2) is 0 Å². The van der Waals surface area contributed by atoms with E-state index in [1.54, 1.807) is 20.8 Å². The Morgan fingerprint density at radius 1 is 0.763 bits per heavy atom. The first kappa shape index (κ1) is 29.3. The average Bonchev–Trinajstić information content (AvgIpc) is 2.81. The van der Waals surface area contributed by atoms with Crippen LogP contribution in [0.4, 0.5) is 34.1 Å². The van der Waals surface area contributed by atoms with Crippen molar-refractivity contribution in [1.29, 1.82) is 0 Å². The molecule has 2 aromatic carbocycles. The third-order valence-electron chi connectivity index (χ3n) is 5.18. The Morgan fingerprint density at radius 3 is 1.58 bits per heavy atom. The minimum atomic E-state index is -1.10. The molecule has 1 amide bonds. The van der Waals surface area contributed by atoms with Crippen LogP contribution in [-0.4, -0.2) is 43.7 Å². The summed E-state index contributed by atoms with van der Waals surface area (Å²) in [5.74, 6) is -0.549. The van der Waals surface area contributed by atoms with Crippen LogP contribution in [0.5, 0.6) is 0 Å². The second-order valence-electron chi connectivity index (χ2n) is 9.23.